The van der Waals surface area contributed by atoms with Crippen LogP contribution in [0.1, 0.15) is 25.0 Å². The topological polar surface area (TPSA) is 70.2 Å². The summed E-state index contributed by atoms with van der Waals surface area (Å²) < 4.78 is 14.2. The maximum Gasteiger partial charge on any atom is 0.221 e. The first-order valence-electron chi connectivity index (χ1n) is 11.2. The van der Waals surface area contributed by atoms with E-state index in [1.165, 1.54) is 19.1 Å². The van der Waals surface area contributed by atoms with Crippen molar-refractivity contribution in [1.29, 1.82) is 0 Å². The number of nitrogens with zero attached hydrogens (tertiary/aromatic N) is 3. The van der Waals surface area contributed by atoms with Crippen LogP contribution in [0, 0.1) is 19.7 Å². The van der Waals surface area contributed by atoms with Crippen LogP contribution in [0.4, 0.5) is 27.1 Å². The largest absolute Gasteiger partial charge is 0.375 e. The molecule has 0 saturated carbocycles. The van der Waals surface area contributed by atoms with E-state index in [4.69, 9.17) is 4.98 Å². The molecule has 0 aliphatic carbocycles. The zero-order valence-corrected chi connectivity index (χ0v) is 20.0. The van der Waals surface area contributed by atoms with Gasteiger partial charge in [-0.2, -0.15) is 0 Å². The van der Waals surface area contributed by atoms with Crippen molar-refractivity contribution in [3.8, 4) is 11.3 Å². The number of carbonyl (C=O) groups excluding carboxylic acids is 1. The molecule has 0 aliphatic rings. The zero-order chi connectivity index (χ0) is 24.4. The molecule has 34 heavy (non-hydrogen) atoms. The fraction of sp³-hybridized carbons (Fsp3) is 0.222. The molecule has 174 valence electrons. The summed E-state index contributed by atoms with van der Waals surface area (Å²) >= 11 is 0. The van der Waals surface area contributed by atoms with Gasteiger partial charge in [0.2, 0.25) is 5.91 Å². The summed E-state index contributed by atoms with van der Waals surface area (Å²) in [7, 11) is 2.00. The quantitative estimate of drug-likeness (QED) is 0.360. The third-order valence-electron chi connectivity index (χ3n) is 5.74. The number of amides is 1. The van der Waals surface area contributed by atoms with Crippen molar-refractivity contribution in [3.05, 3.63) is 71.7 Å². The van der Waals surface area contributed by atoms with Gasteiger partial charge in [-0.1, -0.05) is 0 Å². The first-order valence-corrected chi connectivity index (χ1v) is 11.2. The second kappa shape index (κ2) is 9.47. The van der Waals surface area contributed by atoms with Crippen molar-refractivity contribution < 1.29 is 9.18 Å². The van der Waals surface area contributed by atoms with E-state index in [0.29, 0.717) is 22.6 Å². The van der Waals surface area contributed by atoms with Gasteiger partial charge in [0, 0.05) is 54.7 Å². The number of carbonyl (C=O) groups is 1. The summed E-state index contributed by atoms with van der Waals surface area (Å²) in [6.07, 6.45) is 1.70. The Morgan fingerprint density at radius 2 is 1.85 bits per heavy atom. The SMILES string of the molecule is CCN(C)c1cc(NC(C)=O)cc(Nc2c(C)c(-c3cc(C)cc(F)c3)nc3ncccc23)c1. The molecule has 0 unspecified atom stereocenters. The van der Waals surface area contributed by atoms with Crippen LogP contribution in [-0.4, -0.2) is 29.5 Å². The van der Waals surface area contributed by atoms with Crippen molar-refractivity contribution in [2.75, 3.05) is 29.1 Å². The normalized spacial score (nSPS) is 10.9. The van der Waals surface area contributed by atoms with E-state index in [1.807, 2.05) is 57.3 Å². The number of anilines is 4. The number of nitrogens with one attached hydrogen (secondary N) is 2. The van der Waals surface area contributed by atoms with Crippen LogP contribution in [0.5, 0.6) is 0 Å². The molecule has 0 aliphatic heterocycles. The van der Waals surface area contributed by atoms with Gasteiger partial charge in [-0.05, 0) is 80.4 Å². The Hall–Kier alpha value is -4.00. The molecule has 2 aromatic heterocycles. The summed E-state index contributed by atoms with van der Waals surface area (Å²) in [6.45, 7) is 8.20. The first kappa shape index (κ1) is 23.2. The Bertz CT molecular complexity index is 1370. The van der Waals surface area contributed by atoms with Gasteiger partial charge in [-0.25, -0.2) is 14.4 Å². The molecule has 0 atom stereocenters. The molecule has 1 amide bonds. The van der Waals surface area contributed by atoms with E-state index in [2.05, 4.69) is 27.4 Å². The predicted molar refractivity (Wildman–Crippen MR) is 137 cm³/mol. The number of benzene rings is 2. The smallest absolute Gasteiger partial charge is 0.221 e. The molecule has 2 aromatic carbocycles. The lowest BCUT2D eigenvalue weighted by Crippen LogP contribution is -2.16. The third-order valence-corrected chi connectivity index (χ3v) is 5.74. The van der Waals surface area contributed by atoms with Crippen LogP contribution in [0.25, 0.3) is 22.3 Å². The van der Waals surface area contributed by atoms with Crippen molar-refractivity contribution in [2.45, 2.75) is 27.7 Å². The minimum Gasteiger partial charge on any atom is -0.375 e. The van der Waals surface area contributed by atoms with E-state index in [1.54, 1.807) is 6.20 Å². The summed E-state index contributed by atoms with van der Waals surface area (Å²) in [4.78, 5) is 23.0. The summed E-state index contributed by atoms with van der Waals surface area (Å²) in [5.41, 5.74) is 6.93. The van der Waals surface area contributed by atoms with Gasteiger partial charge in [0.15, 0.2) is 5.65 Å². The lowest BCUT2D eigenvalue weighted by Gasteiger charge is -2.21. The molecule has 0 fully saturated rings. The maximum atomic E-state index is 14.2. The highest BCUT2D eigenvalue weighted by Gasteiger charge is 2.16. The number of hydrogen-bond acceptors (Lipinski definition) is 5. The molecule has 0 bridgehead atoms. The van der Waals surface area contributed by atoms with Crippen molar-refractivity contribution in [3.63, 3.8) is 0 Å². The molecule has 4 aromatic rings. The lowest BCUT2D eigenvalue weighted by atomic mass is 10.0. The predicted octanol–water partition coefficient (Wildman–Crippen LogP) is 6.21. The van der Waals surface area contributed by atoms with Crippen LogP contribution < -0.4 is 15.5 Å². The molecule has 6 nitrogen and oxygen atoms in total. The van der Waals surface area contributed by atoms with Gasteiger partial charge < -0.3 is 15.5 Å². The second-order valence-electron chi connectivity index (χ2n) is 8.44. The van der Waals surface area contributed by atoms with E-state index >= 15 is 0 Å². The number of hydrogen-bond donors (Lipinski definition) is 2. The number of pyridine rings is 2. The monoisotopic (exact) mass is 457 g/mol. The number of aromatic nitrogens is 2. The van der Waals surface area contributed by atoms with Gasteiger partial charge in [-0.3, -0.25) is 4.79 Å². The minimum absolute atomic E-state index is 0.138. The summed E-state index contributed by atoms with van der Waals surface area (Å²) in [5, 5.41) is 7.27. The minimum atomic E-state index is -0.304. The Balaban J connectivity index is 1.89. The van der Waals surface area contributed by atoms with Gasteiger partial charge in [0.05, 0.1) is 11.4 Å². The number of halogens is 1. The van der Waals surface area contributed by atoms with Gasteiger partial charge >= 0.3 is 0 Å². The summed E-state index contributed by atoms with van der Waals surface area (Å²) in [5.74, 6) is -0.442. The van der Waals surface area contributed by atoms with E-state index in [9.17, 15) is 9.18 Å². The average Bonchev–Trinajstić information content (AvgIpc) is 2.79. The first-order chi connectivity index (χ1) is 16.2. The number of fused-ring (bicyclic) bond motifs is 1. The molecule has 0 radical (unpaired) electrons. The molecule has 2 N–H and O–H groups in total. The number of aryl methyl sites for hydroxylation is 1. The fourth-order valence-corrected chi connectivity index (χ4v) is 4.01. The Kier molecular flexibility index (Phi) is 6.45. The van der Waals surface area contributed by atoms with E-state index < -0.39 is 0 Å². The Labute approximate surface area is 198 Å². The van der Waals surface area contributed by atoms with E-state index in [0.717, 1.165) is 40.1 Å². The molecule has 0 spiro atoms. The Morgan fingerprint density at radius 3 is 2.56 bits per heavy atom. The zero-order valence-electron chi connectivity index (χ0n) is 20.0. The van der Waals surface area contributed by atoms with Crippen LogP contribution in [0.2, 0.25) is 0 Å². The molecule has 7 heteroatoms. The Morgan fingerprint density at radius 1 is 1.09 bits per heavy atom. The molecular weight excluding hydrogens is 429 g/mol. The highest BCUT2D eigenvalue weighted by Crippen LogP contribution is 2.36. The van der Waals surface area contributed by atoms with Crippen LogP contribution >= 0.6 is 0 Å². The van der Waals surface area contributed by atoms with Crippen molar-refractivity contribution in [1.82, 2.24) is 9.97 Å². The summed E-state index contributed by atoms with van der Waals surface area (Å²) in [6, 6.07) is 14.6. The average molecular weight is 458 g/mol. The standard InChI is InChI=1S/C27H28FN5O/c1-6-33(5)23-14-21(30-18(4)34)13-22(15-23)31-26-17(3)25(19-10-16(2)11-20(28)12-19)32-27-24(26)8-7-9-29-27/h7-15H,6H2,1-5H3,(H,30,34)(H,29,31,32). The highest BCUT2D eigenvalue weighted by atomic mass is 19.1. The maximum absolute atomic E-state index is 14.2. The van der Waals surface area contributed by atoms with Crippen LogP contribution in [0.15, 0.2) is 54.7 Å². The molecule has 4 rings (SSSR count). The fourth-order valence-electron chi connectivity index (χ4n) is 4.01. The second-order valence-corrected chi connectivity index (χ2v) is 8.44. The van der Waals surface area contributed by atoms with Gasteiger partial charge in [0.25, 0.3) is 0 Å². The van der Waals surface area contributed by atoms with Crippen LogP contribution in [0.3, 0.4) is 0 Å². The highest BCUT2D eigenvalue weighted by molar-refractivity contribution is 5.97. The molecular formula is C27H28FN5O. The van der Waals surface area contributed by atoms with Gasteiger partial charge in [0.1, 0.15) is 5.82 Å². The lowest BCUT2D eigenvalue weighted by molar-refractivity contribution is -0.114. The van der Waals surface area contributed by atoms with E-state index in [-0.39, 0.29) is 11.7 Å². The van der Waals surface area contributed by atoms with Crippen LogP contribution in [-0.2, 0) is 4.79 Å². The van der Waals surface area contributed by atoms with Crippen molar-refractivity contribution in [2.24, 2.45) is 0 Å². The molecule has 2 heterocycles. The molecule has 0 saturated heterocycles. The van der Waals surface area contributed by atoms with Crippen molar-refractivity contribution >= 4 is 39.7 Å². The third kappa shape index (κ3) is 4.83. The number of rotatable bonds is 6. The van der Waals surface area contributed by atoms with Gasteiger partial charge in [-0.15, -0.1) is 0 Å².